The number of thiazole rings is 1. The lowest BCUT2D eigenvalue weighted by Gasteiger charge is -2.26. The van der Waals surface area contributed by atoms with Gasteiger partial charge < -0.3 is 20.1 Å². The van der Waals surface area contributed by atoms with Crippen LogP contribution in [0.15, 0.2) is 27.9 Å². The van der Waals surface area contributed by atoms with E-state index in [1.54, 1.807) is 0 Å². The van der Waals surface area contributed by atoms with Gasteiger partial charge in [0.05, 0.1) is 11.2 Å². The molecule has 14 heteroatoms. The molecule has 1 atom stereocenters. The fourth-order valence-electron chi connectivity index (χ4n) is 3.13. The molecule has 1 aromatic carbocycles. The van der Waals surface area contributed by atoms with E-state index in [2.05, 4.69) is 10.3 Å². The largest absolute Gasteiger partial charge is 0.465 e. The van der Waals surface area contributed by atoms with Crippen LogP contribution in [0.2, 0.25) is 0 Å². The number of ether oxygens (including phenoxy) is 1. The Kier molecular flexibility index (Phi) is 6.79. The van der Waals surface area contributed by atoms with Crippen LogP contribution in [-0.4, -0.2) is 60.3 Å². The van der Waals surface area contributed by atoms with E-state index < -0.39 is 50.4 Å². The average Bonchev–Trinajstić information content (AvgIpc) is 3.35. The highest BCUT2D eigenvalue weighted by molar-refractivity contribution is 7.93. The first kappa shape index (κ1) is 24.6. The highest BCUT2D eigenvalue weighted by Gasteiger charge is 2.38. The van der Waals surface area contributed by atoms with Gasteiger partial charge in [0.25, 0.3) is 10.0 Å². The number of carboxylic acid groups (broad SMARTS) is 1. The molecule has 2 aromatic rings. The van der Waals surface area contributed by atoms with Crippen LogP contribution in [0.3, 0.4) is 0 Å². The molecule has 1 fully saturated rings. The van der Waals surface area contributed by atoms with E-state index in [0.29, 0.717) is 18.6 Å². The van der Waals surface area contributed by atoms with Crippen LogP contribution >= 0.6 is 11.3 Å². The lowest BCUT2D eigenvalue weighted by molar-refractivity contribution is 0.0608. The second-order valence-corrected chi connectivity index (χ2v) is 10.7. The molecular formula is C19H22F2N4O6S2. The van der Waals surface area contributed by atoms with Crippen molar-refractivity contribution < 1.29 is 36.6 Å². The van der Waals surface area contributed by atoms with Crippen molar-refractivity contribution >= 4 is 45.1 Å². The van der Waals surface area contributed by atoms with Crippen LogP contribution in [0.4, 0.5) is 29.9 Å². The van der Waals surface area contributed by atoms with Crippen molar-refractivity contribution in [1.29, 1.82) is 0 Å². The first-order valence-corrected chi connectivity index (χ1v) is 12.1. The molecule has 2 heterocycles. The summed E-state index contributed by atoms with van der Waals surface area (Å²) in [4.78, 5) is 27.5. The van der Waals surface area contributed by atoms with Gasteiger partial charge in [-0.15, -0.1) is 15.6 Å². The lowest BCUT2D eigenvalue weighted by Crippen LogP contribution is -2.41. The molecule has 2 N–H and O–H groups in total. The fourth-order valence-corrected chi connectivity index (χ4v) is 5.05. The van der Waals surface area contributed by atoms with Gasteiger partial charge in [0.1, 0.15) is 22.1 Å². The fraction of sp³-hybridized carbons (Fsp3) is 0.421. The molecule has 180 valence electrons. The van der Waals surface area contributed by atoms with Gasteiger partial charge in [-0.3, -0.25) is 0 Å². The first-order chi connectivity index (χ1) is 15.3. The number of anilines is 2. The molecule has 0 unspecified atom stereocenters. The summed E-state index contributed by atoms with van der Waals surface area (Å²) in [5.74, 6) is -2.72. The number of amides is 2. The van der Waals surface area contributed by atoms with E-state index in [1.807, 2.05) is 0 Å². The van der Waals surface area contributed by atoms with Gasteiger partial charge in [0.2, 0.25) is 0 Å². The number of hydrogen-bond acceptors (Lipinski definition) is 8. The Morgan fingerprint density at radius 2 is 2.00 bits per heavy atom. The number of aromatic nitrogens is 1. The molecule has 1 saturated heterocycles. The predicted octanol–water partition coefficient (Wildman–Crippen LogP) is 3.72. The molecule has 0 aliphatic carbocycles. The number of carbonyl (C=O) groups excluding carboxylic acids is 1. The standard InChI is InChI=1S/C19H22F2N4O6S2/c1-19(2,3)31-18(28)25(16-9-32-10-22-16)33(29,30)15-7-12(20)14(6-13(15)21)23-11-4-5-24(8-11)17(26)27/h6-7,9-11,23H,4-5,8H2,1-3H3,(H,26,27)/t11-/m0/s1. The number of hydrogen-bond donors (Lipinski definition) is 2. The number of benzene rings is 1. The van der Waals surface area contributed by atoms with Crippen molar-refractivity contribution in [3.63, 3.8) is 0 Å². The van der Waals surface area contributed by atoms with Crippen LogP contribution in [-0.2, 0) is 14.8 Å². The summed E-state index contributed by atoms with van der Waals surface area (Å²) in [6, 6.07) is 0.631. The van der Waals surface area contributed by atoms with E-state index in [0.717, 1.165) is 16.2 Å². The average molecular weight is 505 g/mol. The van der Waals surface area contributed by atoms with Crippen LogP contribution in [0.5, 0.6) is 0 Å². The second-order valence-electron chi connectivity index (χ2n) is 8.22. The maximum absolute atomic E-state index is 14.9. The monoisotopic (exact) mass is 504 g/mol. The number of halogens is 2. The molecule has 1 aliphatic heterocycles. The molecule has 0 spiro atoms. The highest BCUT2D eigenvalue weighted by atomic mass is 32.2. The van der Waals surface area contributed by atoms with Crippen LogP contribution in [0.25, 0.3) is 0 Å². The Morgan fingerprint density at radius 1 is 1.30 bits per heavy atom. The van der Waals surface area contributed by atoms with Crippen molar-refractivity contribution in [2.75, 3.05) is 22.7 Å². The normalized spacial score (nSPS) is 16.5. The van der Waals surface area contributed by atoms with Crippen molar-refractivity contribution in [2.24, 2.45) is 0 Å². The topological polar surface area (TPSA) is 129 Å². The molecular weight excluding hydrogens is 482 g/mol. The number of carbonyl (C=O) groups is 2. The SMILES string of the molecule is CC(C)(C)OC(=O)N(c1cscn1)S(=O)(=O)c1cc(F)c(N[C@H]2CCN(C(=O)O)C2)cc1F. The number of nitrogens with zero attached hydrogens (tertiary/aromatic N) is 3. The third-order valence-electron chi connectivity index (χ3n) is 4.54. The summed E-state index contributed by atoms with van der Waals surface area (Å²) >= 11 is 0.996. The minimum Gasteiger partial charge on any atom is -0.465 e. The Balaban J connectivity index is 1.94. The zero-order valence-electron chi connectivity index (χ0n) is 17.9. The quantitative estimate of drug-likeness (QED) is 0.630. The molecule has 10 nitrogen and oxygen atoms in total. The maximum Gasteiger partial charge on any atom is 0.430 e. The molecule has 1 aliphatic rings. The van der Waals surface area contributed by atoms with Crippen molar-refractivity contribution in [3.05, 3.63) is 34.7 Å². The van der Waals surface area contributed by atoms with Gasteiger partial charge in [0.15, 0.2) is 5.82 Å². The summed E-state index contributed by atoms with van der Waals surface area (Å²) in [6.45, 7) is 4.85. The Bertz CT molecular complexity index is 1150. The van der Waals surface area contributed by atoms with Gasteiger partial charge in [-0.1, -0.05) is 0 Å². The van der Waals surface area contributed by atoms with E-state index in [-0.39, 0.29) is 28.9 Å². The van der Waals surface area contributed by atoms with Gasteiger partial charge in [-0.05, 0) is 33.3 Å². The lowest BCUT2D eigenvalue weighted by atomic mass is 10.2. The second kappa shape index (κ2) is 9.09. The summed E-state index contributed by atoms with van der Waals surface area (Å²) in [5.41, 5.74) is -0.126. The van der Waals surface area contributed by atoms with E-state index in [1.165, 1.54) is 31.7 Å². The van der Waals surface area contributed by atoms with Crippen molar-refractivity contribution in [2.45, 2.75) is 43.7 Å². The van der Waals surface area contributed by atoms with Gasteiger partial charge in [-0.25, -0.2) is 31.8 Å². The summed E-state index contributed by atoms with van der Waals surface area (Å²) in [6.07, 6.45) is -2.09. The van der Waals surface area contributed by atoms with Crippen LogP contribution < -0.4 is 9.62 Å². The number of rotatable bonds is 5. The summed E-state index contributed by atoms with van der Waals surface area (Å²) in [5, 5.41) is 13.0. The summed E-state index contributed by atoms with van der Waals surface area (Å²) < 4.78 is 61.4. The van der Waals surface area contributed by atoms with Gasteiger partial charge in [-0.2, -0.15) is 0 Å². The number of likely N-dealkylation sites (tertiary alicyclic amines) is 1. The Labute approximate surface area is 192 Å². The third-order valence-corrected chi connectivity index (χ3v) is 6.80. The van der Waals surface area contributed by atoms with E-state index in [4.69, 9.17) is 9.84 Å². The van der Waals surface area contributed by atoms with Crippen molar-refractivity contribution in [1.82, 2.24) is 9.88 Å². The van der Waals surface area contributed by atoms with Gasteiger partial charge >= 0.3 is 12.2 Å². The van der Waals surface area contributed by atoms with E-state index >= 15 is 0 Å². The molecule has 3 rings (SSSR count). The smallest absolute Gasteiger partial charge is 0.430 e. The van der Waals surface area contributed by atoms with Crippen LogP contribution in [0.1, 0.15) is 27.2 Å². The Hall–Kier alpha value is -3.00. The zero-order valence-corrected chi connectivity index (χ0v) is 19.5. The Morgan fingerprint density at radius 3 is 2.55 bits per heavy atom. The molecule has 0 radical (unpaired) electrons. The van der Waals surface area contributed by atoms with E-state index in [9.17, 15) is 26.8 Å². The first-order valence-electron chi connectivity index (χ1n) is 9.69. The molecule has 33 heavy (non-hydrogen) atoms. The van der Waals surface area contributed by atoms with Crippen LogP contribution in [0, 0.1) is 11.6 Å². The minimum atomic E-state index is -4.94. The maximum atomic E-state index is 14.9. The van der Waals surface area contributed by atoms with Crippen molar-refractivity contribution in [3.8, 4) is 0 Å². The number of nitrogens with one attached hydrogen (secondary N) is 1. The number of sulfonamides is 1. The summed E-state index contributed by atoms with van der Waals surface area (Å²) in [7, 11) is -4.94. The zero-order chi connectivity index (χ0) is 24.6. The minimum absolute atomic E-state index is 0.0622. The third kappa shape index (κ3) is 5.50. The predicted molar refractivity (Wildman–Crippen MR) is 116 cm³/mol. The highest BCUT2D eigenvalue weighted by Crippen LogP contribution is 2.31. The molecule has 0 bridgehead atoms. The molecule has 1 aromatic heterocycles. The molecule has 2 amide bonds. The van der Waals surface area contributed by atoms with Gasteiger partial charge in [0, 0.05) is 30.6 Å². The molecule has 0 saturated carbocycles.